The Labute approximate surface area is 106 Å². The molecule has 1 aliphatic rings. The summed E-state index contributed by atoms with van der Waals surface area (Å²) in [5.41, 5.74) is 2.61. The molecule has 3 heteroatoms. The van der Waals surface area contributed by atoms with Gasteiger partial charge in [0.1, 0.15) is 0 Å². The van der Waals surface area contributed by atoms with Gasteiger partial charge in [0, 0.05) is 23.8 Å². The molecule has 2 rings (SSSR count). The first-order valence-electron chi connectivity index (χ1n) is 5.85. The summed E-state index contributed by atoms with van der Waals surface area (Å²) in [7, 11) is 2.18. The van der Waals surface area contributed by atoms with Gasteiger partial charge in [-0.3, -0.25) is 0 Å². The van der Waals surface area contributed by atoms with Crippen LogP contribution in [0.5, 0.6) is 0 Å². The third-order valence-corrected chi connectivity index (χ3v) is 4.17. The zero-order valence-corrected chi connectivity index (χ0v) is 11.5. The lowest BCUT2D eigenvalue weighted by molar-refractivity contribution is 0.578. The molecule has 0 amide bonds. The fourth-order valence-electron chi connectivity index (χ4n) is 2.23. The van der Waals surface area contributed by atoms with Crippen molar-refractivity contribution in [3.8, 4) is 0 Å². The van der Waals surface area contributed by atoms with E-state index in [0.29, 0.717) is 0 Å². The number of aryl methyl sites for hydroxylation is 1. The van der Waals surface area contributed by atoms with Gasteiger partial charge in [0.15, 0.2) is 0 Å². The van der Waals surface area contributed by atoms with Crippen LogP contribution in [0.2, 0.25) is 0 Å². The number of halogens is 1. The second-order valence-electron chi connectivity index (χ2n) is 4.67. The van der Waals surface area contributed by atoms with E-state index in [1.165, 1.54) is 35.2 Å². The monoisotopic (exact) mass is 282 g/mol. The standard InChI is InChI=1S/C13H19BrN2/c1-10-7-12(3-4-13(10)14)16(2)9-11-5-6-15-8-11/h3-4,7,11,15H,5-6,8-9H2,1-2H3. The van der Waals surface area contributed by atoms with Gasteiger partial charge in [-0.2, -0.15) is 0 Å². The van der Waals surface area contributed by atoms with Crippen LogP contribution in [0, 0.1) is 12.8 Å². The van der Waals surface area contributed by atoms with E-state index in [2.05, 4.69) is 58.3 Å². The lowest BCUT2D eigenvalue weighted by Crippen LogP contribution is -2.26. The fraction of sp³-hybridized carbons (Fsp3) is 0.538. The van der Waals surface area contributed by atoms with Crippen LogP contribution in [-0.2, 0) is 0 Å². The van der Waals surface area contributed by atoms with E-state index in [4.69, 9.17) is 0 Å². The maximum absolute atomic E-state index is 3.54. The van der Waals surface area contributed by atoms with Gasteiger partial charge in [-0.1, -0.05) is 15.9 Å². The summed E-state index contributed by atoms with van der Waals surface area (Å²) < 4.78 is 1.19. The van der Waals surface area contributed by atoms with E-state index < -0.39 is 0 Å². The highest BCUT2D eigenvalue weighted by atomic mass is 79.9. The summed E-state index contributed by atoms with van der Waals surface area (Å²) in [5.74, 6) is 0.800. The number of nitrogens with one attached hydrogen (secondary N) is 1. The number of hydrogen-bond acceptors (Lipinski definition) is 2. The smallest absolute Gasteiger partial charge is 0.0367 e. The van der Waals surface area contributed by atoms with E-state index in [0.717, 1.165) is 12.5 Å². The third-order valence-electron chi connectivity index (χ3n) is 3.28. The Morgan fingerprint density at radius 2 is 2.31 bits per heavy atom. The normalized spacial score (nSPS) is 20.1. The van der Waals surface area contributed by atoms with Crippen LogP contribution in [0.3, 0.4) is 0 Å². The molecule has 1 aromatic carbocycles. The van der Waals surface area contributed by atoms with Crippen molar-refractivity contribution < 1.29 is 0 Å². The Kier molecular flexibility index (Phi) is 3.87. The lowest BCUT2D eigenvalue weighted by atomic mass is 10.1. The first-order chi connectivity index (χ1) is 7.66. The molecule has 1 fully saturated rings. The first-order valence-corrected chi connectivity index (χ1v) is 6.64. The van der Waals surface area contributed by atoms with Crippen molar-refractivity contribution in [3.63, 3.8) is 0 Å². The number of rotatable bonds is 3. The largest absolute Gasteiger partial charge is 0.374 e. The van der Waals surface area contributed by atoms with E-state index in [1.807, 2.05) is 0 Å². The van der Waals surface area contributed by atoms with Crippen LogP contribution in [0.1, 0.15) is 12.0 Å². The van der Waals surface area contributed by atoms with Crippen molar-refractivity contribution in [3.05, 3.63) is 28.2 Å². The topological polar surface area (TPSA) is 15.3 Å². The summed E-state index contributed by atoms with van der Waals surface area (Å²) in [4.78, 5) is 2.36. The fourth-order valence-corrected chi connectivity index (χ4v) is 2.48. The van der Waals surface area contributed by atoms with Crippen molar-refractivity contribution in [2.24, 2.45) is 5.92 Å². The molecule has 1 aromatic rings. The van der Waals surface area contributed by atoms with Crippen LogP contribution < -0.4 is 10.2 Å². The van der Waals surface area contributed by atoms with Gasteiger partial charge in [-0.25, -0.2) is 0 Å². The summed E-state index contributed by atoms with van der Waals surface area (Å²) in [6, 6.07) is 6.56. The predicted molar refractivity (Wildman–Crippen MR) is 73.1 cm³/mol. The molecule has 0 bridgehead atoms. The van der Waals surface area contributed by atoms with E-state index in [9.17, 15) is 0 Å². The van der Waals surface area contributed by atoms with Gasteiger partial charge in [0.2, 0.25) is 0 Å². The molecule has 0 saturated carbocycles. The molecular formula is C13H19BrN2. The number of nitrogens with zero attached hydrogens (tertiary/aromatic N) is 1. The average Bonchev–Trinajstić information content (AvgIpc) is 2.74. The molecule has 1 unspecified atom stereocenters. The molecule has 0 spiro atoms. The minimum Gasteiger partial charge on any atom is -0.374 e. The quantitative estimate of drug-likeness (QED) is 0.917. The summed E-state index contributed by atoms with van der Waals surface area (Å²) in [5, 5.41) is 3.42. The van der Waals surface area contributed by atoms with Gasteiger partial charge in [-0.15, -0.1) is 0 Å². The molecule has 1 saturated heterocycles. The maximum Gasteiger partial charge on any atom is 0.0367 e. The Bertz CT molecular complexity index is 359. The Hall–Kier alpha value is -0.540. The predicted octanol–water partition coefficient (Wildman–Crippen LogP) is 2.80. The maximum atomic E-state index is 3.54. The summed E-state index contributed by atoms with van der Waals surface area (Å²) >= 11 is 3.54. The SMILES string of the molecule is Cc1cc(N(C)CC2CCNC2)ccc1Br. The van der Waals surface area contributed by atoms with Gasteiger partial charge in [-0.05, 0) is 56.1 Å². The van der Waals surface area contributed by atoms with E-state index >= 15 is 0 Å². The molecule has 16 heavy (non-hydrogen) atoms. The Morgan fingerprint density at radius 3 is 2.94 bits per heavy atom. The highest BCUT2D eigenvalue weighted by Crippen LogP contribution is 2.23. The molecule has 0 aliphatic carbocycles. The Balaban J connectivity index is 2.02. The van der Waals surface area contributed by atoms with Crippen molar-refractivity contribution in [1.82, 2.24) is 5.32 Å². The van der Waals surface area contributed by atoms with Crippen molar-refractivity contribution >= 4 is 21.6 Å². The molecule has 2 nitrogen and oxygen atoms in total. The number of hydrogen-bond donors (Lipinski definition) is 1. The van der Waals surface area contributed by atoms with E-state index in [1.54, 1.807) is 0 Å². The van der Waals surface area contributed by atoms with Crippen LogP contribution in [0.15, 0.2) is 22.7 Å². The van der Waals surface area contributed by atoms with Crippen LogP contribution in [0.25, 0.3) is 0 Å². The van der Waals surface area contributed by atoms with Gasteiger partial charge in [0.05, 0.1) is 0 Å². The summed E-state index contributed by atoms with van der Waals surface area (Å²) in [6.07, 6.45) is 1.31. The van der Waals surface area contributed by atoms with Crippen molar-refractivity contribution in [2.75, 3.05) is 31.6 Å². The first kappa shape index (κ1) is 11.9. The van der Waals surface area contributed by atoms with Gasteiger partial charge in [0.25, 0.3) is 0 Å². The van der Waals surface area contributed by atoms with Crippen LogP contribution in [-0.4, -0.2) is 26.7 Å². The highest BCUT2D eigenvalue weighted by Gasteiger charge is 2.16. The van der Waals surface area contributed by atoms with Gasteiger partial charge < -0.3 is 10.2 Å². The Morgan fingerprint density at radius 1 is 1.50 bits per heavy atom. The number of benzene rings is 1. The van der Waals surface area contributed by atoms with Gasteiger partial charge >= 0.3 is 0 Å². The zero-order valence-electron chi connectivity index (χ0n) is 9.96. The molecule has 88 valence electrons. The molecule has 1 N–H and O–H groups in total. The van der Waals surface area contributed by atoms with E-state index in [-0.39, 0.29) is 0 Å². The summed E-state index contributed by atoms with van der Waals surface area (Å²) in [6.45, 7) is 5.63. The van der Waals surface area contributed by atoms with Crippen molar-refractivity contribution in [2.45, 2.75) is 13.3 Å². The van der Waals surface area contributed by atoms with Crippen LogP contribution >= 0.6 is 15.9 Å². The van der Waals surface area contributed by atoms with Crippen molar-refractivity contribution in [1.29, 1.82) is 0 Å². The second-order valence-corrected chi connectivity index (χ2v) is 5.53. The molecular weight excluding hydrogens is 264 g/mol. The average molecular weight is 283 g/mol. The second kappa shape index (κ2) is 5.19. The highest BCUT2D eigenvalue weighted by molar-refractivity contribution is 9.10. The molecule has 0 radical (unpaired) electrons. The minimum atomic E-state index is 0.800. The third kappa shape index (κ3) is 2.77. The lowest BCUT2D eigenvalue weighted by Gasteiger charge is -2.23. The van der Waals surface area contributed by atoms with Crippen LogP contribution in [0.4, 0.5) is 5.69 Å². The number of anilines is 1. The zero-order chi connectivity index (χ0) is 11.5. The molecule has 1 atom stereocenters. The minimum absolute atomic E-state index is 0.800. The molecule has 1 heterocycles. The molecule has 0 aromatic heterocycles. The molecule has 1 aliphatic heterocycles.